The molecule has 13 heteroatoms. The van der Waals surface area contributed by atoms with E-state index in [1.54, 1.807) is 13.2 Å². The lowest BCUT2D eigenvalue weighted by molar-refractivity contribution is -0.111. The lowest BCUT2D eigenvalue weighted by atomic mass is 10.00. The van der Waals surface area contributed by atoms with Crippen molar-refractivity contribution in [1.29, 1.82) is 0 Å². The van der Waals surface area contributed by atoms with Gasteiger partial charge in [0.25, 0.3) is 0 Å². The molecule has 256 valence electrons. The molecule has 0 bridgehead atoms. The van der Waals surface area contributed by atoms with Crippen molar-refractivity contribution in [2.45, 2.75) is 63.8 Å². The summed E-state index contributed by atoms with van der Waals surface area (Å²) in [4.78, 5) is 32.4. The minimum Gasteiger partial charge on any atom is -0.494 e. The van der Waals surface area contributed by atoms with Gasteiger partial charge in [-0.2, -0.15) is 0 Å². The fourth-order valence-corrected chi connectivity index (χ4v) is 7.35. The normalized spacial score (nSPS) is 22.1. The van der Waals surface area contributed by atoms with Crippen LogP contribution in [-0.2, 0) is 20.8 Å². The highest BCUT2D eigenvalue weighted by Gasteiger charge is 2.32. The number of ether oxygens (including phenoxy) is 2. The van der Waals surface area contributed by atoms with Crippen molar-refractivity contribution in [3.05, 3.63) is 71.0 Å². The van der Waals surface area contributed by atoms with Crippen molar-refractivity contribution < 1.29 is 19.1 Å². The summed E-state index contributed by atoms with van der Waals surface area (Å²) in [6, 6.07) is 11.8. The number of aromatic nitrogens is 2. The number of nitrogens with one attached hydrogen (secondary N) is 2. The van der Waals surface area contributed by atoms with Crippen LogP contribution >= 0.6 is 23.2 Å². The molecular weight excluding hydrogens is 653 g/mol. The van der Waals surface area contributed by atoms with Gasteiger partial charge < -0.3 is 25.0 Å². The van der Waals surface area contributed by atoms with Crippen molar-refractivity contribution >= 4 is 57.8 Å². The number of amides is 1. The Hall–Kier alpha value is -3.61. The summed E-state index contributed by atoms with van der Waals surface area (Å²) in [5.74, 6) is 1.47. The van der Waals surface area contributed by atoms with E-state index in [0.717, 1.165) is 56.7 Å². The zero-order valence-electron chi connectivity index (χ0n) is 27.6. The first kappa shape index (κ1) is 34.3. The molecule has 0 aliphatic carbocycles. The van der Waals surface area contributed by atoms with E-state index in [9.17, 15) is 4.79 Å². The Balaban J connectivity index is 1.21. The van der Waals surface area contributed by atoms with Gasteiger partial charge in [0.15, 0.2) is 5.82 Å². The molecule has 3 aliphatic heterocycles. The molecule has 1 aromatic heterocycles. The van der Waals surface area contributed by atoms with Crippen LogP contribution in [0.2, 0.25) is 10.0 Å². The maximum absolute atomic E-state index is 12.6. The van der Waals surface area contributed by atoms with Crippen molar-refractivity contribution in [2.24, 2.45) is 0 Å². The number of morpholine rings is 1. The van der Waals surface area contributed by atoms with E-state index in [1.165, 1.54) is 12.4 Å². The highest BCUT2D eigenvalue weighted by atomic mass is 35.5. The van der Waals surface area contributed by atoms with Crippen molar-refractivity contribution in [3.8, 4) is 5.75 Å². The standard InChI is InChI=1S/C35H43Cl2N7O4/c1-5-34(45)41-28-16-29(31(46-4)17-30(28)42-12-9-25(10-13-42)43-19-22(2)48-23(3)20-43)40-32-18-33(39-21-38-32)44-26(11-14-47-44)15-24-7-6-8-27(36)35(24)37/h5-8,16-18,21-23,25-26H,1,9-15,19-20H2,2-4H3,(H,41,45)(H,38,39,40)/t22-,23+,26?. The summed E-state index contributed by atoms with van der Waals surface area (Å²) in [5, 5.41) is 9.28. The number of carbonyl (C=O) groups excluding carboxylic acids is 1. The van der Waals surface area contributed by atoms with Gasteiger partial charge in [-0.05, 0) is 63.3 Å². The van der Waals surface area contributed by atoms with Crippen LogP contribution in [-0.4, -0.2) is 85.0 Å². The number of hydrogen-bond donors (Lipinski definition) is 2. The molecule has 48 heavy (non-hydrogen) atoms. The van der Waals surface area contributed by atoms with Gasteiger partial charge in [-0.25, -0.2) is 15.0 Å². The van der Waals surface area contributed by atoms with E-state index in [4.69, 9.17) is 37.5 Å². The highest BCUT2D eigenvalue weighted by molar-refractivity contribution is 6.42. The molecule has 3 saturated heterocycles. The number of hydroxylamine groups is 1. The quantitative estimate of drug-likeness (QED) is 0.229. The molecule has 0 saturated carbocycles. The smallest absolute Gasteiger partial charge is 0.247 e. The Morgan fingerprint density at radius 2 is 1.85 bits per heavy atom. The summed E-state index contributed by atoms with van der Waals surface area (Å²) in [6.07, 6.45) is 6.72. The molecule has 3 aliphatic rings. The third-order valence-corrected chi connectivity index (χ3v) is 10.0. The molecule has 3 aromatic rings. The highest BCUT2D eigenvalue weighted by Crippen LogP contribution is 2.40. The number of hydrogen-bond acceptors (Lipinski definition) is 10. The number of anilines is 5. The Bertz CT molecular complexity index is 1610. The summed E-state index contributed by atoms with van der Waals surface area (Å²) in [7, 11) is 1.63. The van der Waals surface area contributed by atoms with Crippen molar-refractivity contribution in [3.63, 3.8) is 0 Å². The fraction of sp³-hybridized carbons (Fsp3) is 0.457. The number of nitrogens with zero attached hydrogens (tertiary/aromatic N) is 5. The number of carbonyl (C=O) groups is 1. The summed E-state index contributed by atoms with van der Waals surface area (Å²) >= 11 is 12.8. The fourth-order valence-electron chi connectivity index (χ4n) is 6.95. The molecular formula is C35H43Cl2N7O4. The Kier molecular flexibility index (Phi) is 10.9. The van der Waals surface area contributed by atoms with Crippen LogP contribution in [0.25, 0.3) is 0 Å². The van der Waals surface area contributed by atoms with E-state index in [1.807, 2.05) is 35.4 Å². The van der Waals surface area contributed by atoms with Crippen LogP contribution in [0.4, 0.5) is 28.7 Å². The van der Waals surface area contributed by atoms with E-state index in [0.29, 0.717) is 57.9 Å². The third-order valence-electron chi connectivity index (χ3n) is 9.17. The van der Waals surface area contributed by atoms with Crippen LogP contribution in [0, 0.1) is 0 Å². The summed E-state index contributed by atoms with van der Waals surface area (Å²) < 4.78 is 11.8. The van der Waals surface area contributed by atoms with Crippen LogP contribution < -0.4 is 25.3 Å². The molecule has 0 spiro atoms. The maximum Gasteiger partial charge on any atom is 0.247 e. The zero-order chi connectivity index (χ0) is 33.8. The summed E-state index contributed by atoms with van der Waals surface area (Å²) in [5.41, 5.74) is 3.14. The largest absolute Gasteiger partial charge is 0.494 e. The molecule has 6 rings (SSSR count). The molecule has 4 heterocycles. The van der Waals surface area contributed by atoms with Gasteiger partial charge in [-0.15, -0.1) is 0 Å². The first-order valence-corrected chi connectivity index (χ1v) is 17.2. The second kappa shape index (κ2) is 15.3. The maximum atomic E-state index is 12.6. The van der Waals surface area contributed by atoms with Gasteiger partial charge in [0.2, 0.25) is 5.91 Å². The second-order valence-corrected chi connectivity index (χ2v) is 13.4. The number of benzene rings is 2. The Morgan fingerprint density at radius 3 is 2.58 bits per heavy atom. The SMILES string of the molecule is C=CC(=O)Nc1cc(Nc2cc(N3OCCC3Cc3cccc(Cl)c3Cl)ncn2)c(OC)cc1N1CCC(N2C[C@@H](C)O[C@@H](C)C2)CC1. The molecule has 2 aromatic carbocycles. The van der Waals surface area contributed by atoms with Crippen molar-refractivity contribution in [2.75, 3.05) is 60.5 Å². The van der Waals surface area contributed by atoms with Gasteiger partial charge in [0.1, 0.15) is 17.9 Å². The predicted molar refractivity (Wildman–Crippen MR) is 191 cm³/mol. The zero-order valence-corrected chi connectivity index (χ0v) is 29.1. The first-order chi connectivity index (χ1) is 23.2. The average Bonchev–Trinajstić information content (AvgIpc) is 3.55. The average molecular weight is 697 g/mol. The molecule has 1 unspecified atom stereocenters. The van der Waals surface area contributed by atoms with Gasteiger partial charge in [0.05, 0.1) is 59.1 Å². The predicted octanol–water partition coefficient (Wildman–Crippen LogP) is 6.49. The first-order valence-electron chi connectivity index (χ1n) is 16.5. The van der Waals surface area contributed by atoms with E-state index < -0.39 is 0 Å². The van der Waals surface area contributed by atoms with E-state index in [2.05, 4.69) is 50.8 Å². The minimum atomic E-state index is -0.292. The number of rotatable bonds is 10. The van der Waals surface area contributed by atoms with Gasteiger partial charge in [-0.1, -0.05) is 41.9 Å². The Labute approximate surface area is 292 Å². The monoisotopic (exact) mass is 695 g/mol. The van der Waals surface area contributed by atoms with E-state index >= 15 is 0 Å². The molecule has 0 radical (unpaired) electrons. The lowest BCUT2D eigenvalue weighted by Crippen LogP contribution is -2.53. The molecule has 2 N–H and O–H groups in total. The topological polar surface area (TPSA) is 104 Å². The second-order valence-electron chi connectivity index (χ2n) is 12.6. The molecule has 1 amide bonds. The van der Waals surface area contributed by atoms with Crippen molar-refractivity contribution in [1.82, 2.24) is 14.9 Å². The van der Waals surface area contributed by atoms with E-state index in [-0.39, 0.29) is 24.2 Å². The van der Waals surface area contributed by atoms with Gasteiger partial charge in [0, 0.05) is 44.4 Å². The third kappa shape index (κ3) is 7.82. The van der Waals surface area contributed by atoms with Crippen LogP contribution in [0.15, 0.2) is 55.4 Å². The number of halogens is 2. The van der Waals surface area contributed by atoms with Gasteiger partial charge in [-0.3, -0.25) is 14.5 Å². The minimum absolute atomic E-state index is 0.0115. The summed E-state index contributed by atoms with van der Waals surface area (Å²) in [6.45, 7) is 12.1. The van der Waals surface area contributed by atoms with Crippen LogP contribution in [0.5, 0.6) is 5.75 Å². The number of piperidine rings is 1. The molecule has 11 nitrogen and oxygen atoms in total. The van der Waals surface area contributed by atoms with Crippen LogP contribution in [0.3, 0.4) is 0 Å². The lowest BCUT2D eigenvalue weighted by Gasteiger charge is -2.44. The molecule has 3 fully saturated rings. The van der Waals surface area contributed by atoms with Crippen LogP contribution in [0.1, 0.15) is 38.7 Å². The Morgan fingerprint density at radius 1 is 1.08 bits per heavy atom. The van der Waals surface area contributed by atoms with Gasteiger partial charge >= 0.3 is 0 Å². The molecule has 3 atom stereocenters. The number of methoxy groups -OCH3 is 1.